The van der Waals surface area contributed by atoms with Crippen molar-refractivity contribution in [3.63, 3.8) is 0 Å². The minimum Gasteiger partial charge on any atom is -0.495 e. The molecule has 2 aromatic heterocycles. The van der Waals surface area contributed by atoms with Crippen molar-refractivity contribution in [2.24, 2.45) is 0 Å². The second kappa shape index (κ2) is 7.57. The highest BCUT2D eigenvalue weighted by atomic mass is 19.1. The van der Waals surface area contributed by atoms with Crippen LogP contribution >= 0.6 is 0 Å². The fraction of sp³-hybridized carbons (Fsp3) is 0.471. The second-order valence-corrected chi connectivity index (χ2v) is 5.73. The number of pyridine rings is 1. The number of hydrogen-bond acceptors (Lipinski definition) is 5. The van der Waals surface area contributed by atoms with E-state index in [1.54, 1.807) is 19.4 Å². The van der Waals surface area contributed by atoms with Crippen LogP contribution in [0.15, 0.2) is 35.1 Å². The Labute approximate surface area is 135 Å². The number of nitrogens with zero attached hydrogens (tertiary/aromatic N) is 2. The van der Waals surface area contributed by atoms with Crippen molar-refractivity contribution < 1.29 is 13.5 Å². The smallest absolute Gasteiger partial charge is 0.217 e. The predicted molar refractivity (Wildman–Crippen MR) is 84.7 cm³/mol. The maximum absolute atomic E-state index is 13.8. The summed E-state index contributed by atoms with van der Waals surface area (Å²) >= 11 is 0. The molecule has 0 aromatic carbocycles. The number of methoxy groups -OCH3 is 1. The van der Waals surface area contributed by atoms with Gasteiger partial charge in [-0.2, -0.15) is 4.39 Å². The first-order chi connectivity index (χ1) is 11.3. The standard InChI is InChI=1S/C17H22FN3O2/c1-22-14-9-13(17(18)20-11-14)10-19-12-15(16-5-4-8-23-16)21-6-2-3-7-21/h4-5,8-9,11,15,19H,2-3,6-7,10,12H2,1H3. The Bertz CT molecular complexity index is 612. The molecule has 0 radical (unpaired) electrons. The summed E-state index contributed by atoms with van der Waals surface area (Å²) in [6, 6.07) is 5.75. The number of hydrogen-bond donors (Lipinski definition) is 1. The summed E-state index contributed by atoms with van der Waals surface area (Å²) in [6.07, 6.45) is 5.51. The molecule has 1 aliphatic rings. The van der Waals surface area contributed by atoms with Gasteiger partial charge in [0.05, 0.1) is 25.6 Å². The molecule has 0 saturated carbocycles. The van der Waals surface area contributed by atoms with Gasteiger partial charge in [0.1, 0.15) is 11.5 Å². The first-order valence-corrected chi connectivity index (χ1v) is 7.94. The number of rotatable bonds is 7. The SMILES string of the molecule is COc1cnc(F)c(CNCC(c2ccco2)N2CCCC2)c1. The number of aromatic nitrogens is 1. The van der Waals surface area contributed by atoms with Gasteiger partial charge in [-0.25, -0.2) is 4.98 Å². The van der Waals surface area contributed by atoms with Gasteiger partial charge >= 0.3 is 0 Å². The molecule has 0 spiro atoms. The van der Waals surface area contributed by atoms with E-state index in [-0.39, 0.29) is 6.04 Å². The Balaban J connectivity index is 1.63. The maximum Gasteiger partial charge on any atom is 0.217 e. The summed E-state index contributed by atoms with van der Waals surface area (Å²) < 4.78 is 24.4. The van der Waals surface area contributed by atoms with Gasteiger partial charge in [0.25, 0.3) is 0 Å². The fourth-order valence-corrected chi connectivity index (χ4v) is 2.99. The van der Waals surface area contributed by atoms with Crippen LogP contribution < -0.4 is 10.1 Å². The zero-order valence-electron chi connectivity index (χ0n) is 13.3. The average molecular weight is 319 g/mol. The molecule has 1 aliphatic heterocycles. The van der Waals surface area contributed by atoms with Crippen molar-refractivity contribution >= 4 is 0 Å². The lowest BCUT2D eigenvalue weighted by Crippen LogP contribution is -2.33. The molecule has 1 N–H and O–H groups in total. The first kappa shape index (κ1) is 16.0. The lowest BCUT2D eigenvalue weighted by molar-refractivity contribution is 0.209. The molecule has 1 atom stereocenters. The molecule has 124 valence electrons. The van der Waals surface area contributed by atoms with Crippen LogP contribution in [0.1, 0.15) is 30.2 Å². The maximum atomic E-state index is 13.8. The van der Waals surface area contributed by atoms with E-state index >= 15 is 0 Å². The topological polar surface area (TPSA) is 50.5 Å². The van der Waals surface area contributed by atoms with E-state index in [4.69, 9.17) is 9.15 Å². The Kier molecular flexibility index (Phi) is 5.25. The van der Waals surface area contributed by atoms with Crippen LogP contribution in [0.5, 0.6) is 5.75 Å². The highest BCUT2D eigenvalue weighted by molar-refractivity contribution is 5.24. The summed E-state index contributed by atoms with van der Waals surface area (Å²) in [5.74, 6) is 1.04. The van der Waals surface area contributed by atoms with Crippen molar-refractivity contribution in [2.45, 2.75) is 25.4 Å². The summed E-state index contributed by atoms with van der Waals surface area (Å²) in [7, 11) is 1.55. The van der Waals surface area contributed by atoms with Gasteiger partial charge < -0.3 is 14.5 Å². The van der Waals surface area contributed by atoms with Crippen LogP contribution in [-0.4, -0.2) is 36.6 Å². The van der Waals surface area contributed by atoms with Crippen molar-refractivity contribution in [2.75, 3.05) is 26.7 Å². The zero-order valence-corrected chi connectivity index (χ0v) is 13.3. The molecule has 6 heteroatoms. The highest BCUT2D eigenvalue weighted by Gasteiger charge is 2.25. The molecule has 0 aliphatic carbocycles. The van der Waals surface area contributed by atoms with Crippen LogP contribution in [0, 0.1) is 5.95 Å². The van der Waals surface area contributed by atoms with E-state index in [2.05, 4.69) is 15.2 Å². The van der Waals surface area contributed by atoms with Crippen LogP contribution in [0.3, 0.4) is 0 Å². The Morgan fingerprint density at radius 2 is 2.26 bits per heavy atom. The number of furan rings is 1. The molecule has 1 unspecified atom stereocenters. The molecule has 0 bridgehead atoms. The van der Waals surface area contributed by atoms with Crippen LogP contribution in [0.25, 0.3) is 0 Å². The van der Waals surface area contributed by atoms with Crippen LogP contribution in [-0.2, 0) is 6.54 Å². The van der Waals surface area contributed by atoms with Gasteiger partial charge in [0.15, 0.2) is 0 Å². The van der Waals surface area contributed by atoms with Gasteiger partial charge in [-0.15, -0.1) is 0 Å². The number of likely N-dealkylation sites (tertiary alicyclic amines) is 1. The summed E-state index contributed by atoms with van der Waals surface area (Å²) in [4.78, 5) is 6.12. The van der Waals surface area contributed by atoms with Gasteiger partial charge in [0, 0.05) is 18.7 Å². The average Bonchev–Trinajstić information content (AvgIpc) is 3.27. The molecule has 1 saturated heterocycles. The van der Waals surface area contributed by atoms with Crippen molar-refractivity contribution in [1.29, 1.82) is 0 Å². The predicted octanol–water partition coefficient (Wildman–Crippen LogP) is 2.75. The number of halogens is 1. The third kappa shape index (κ3) is 3.89. The van der Waals surface area contributed by atoms with Crippen molar-refractivity contribution in [1.82, 2.24) is 15.2 Å². The minimum atomic E-state index is -0.464. The molecule has 3 rings (SSSR count). The molecule has 1 fully saturated rings. The van der Waals surface area contributed by atoms with Gasteiger partial charge in [0.2, 0.25) is 5.95 Å². The normalized spacial score (nSPS) is 16.6. The molecule has 2 aromatic rings. The highest BCUT2D eigenvalue weighted by Crippen LogP contribution is 2.25. The largest absolute Gasteiger partial charge is 0.495 e. The Hall–Kier alpha value is -1.92. The molecular formula is C17H22FN3O2. The van der Waals surface area contributed by atoms with Crippen LogP contribution in [0.2, 0.25) is 0 Å². The van der Waals surface area contributed by atoms with E-state index in [1.165, 1.54) is 19.0 Å². The molecular weight excluding hydrogens is 297 g/mol. The lowest BCUT2D eigenvalue weighted by Gasteiger charge is -2.26. The van der Waals surface area contributed by atoms with Crippen molar-refractivity contribution in [3.8, 4) is 5.75 Å². The molecule has 3 heterocycles. The number of ether oxygens (including phenoxy) is 1. The van der Waals surface area contributed by atoms with E-state index < -0.39 is 5.95 Å². The molecule has 0 amide bonds. The lowest BCUT2D eigenvalue weighted by atomic mass is 10.2. The summed E-state index contributed by atoms with van der Waals surface area (Å²) in [5.41, 5.74) is 0.504. The summed E-state index contributed by atoms with van der Waals surface area (Å²) in [5, 5.41) is 3.32. The third-order valence-corrected chi connectivity index (χ3v) is 4.23. The van der Waals surface area contributed by atoms with E-state index in [9.17, 15) is 4.39 Å². The number of nitrogens with one attached hydrogen (secondary N) is 1. The van der Waals surface area contributed by atoms with E-state index in [1.807, 2.05) is 12.1 Å². The van der Waals surface area contributed by atoms with Crippen molar-refractivity contribution in [3.05, 3.63) is 47.9 Å². The summed E-state index contributed by atoms with van der Waals surface area (Å²) in [6.45, 7) is 3.25. The third-order valence-electron chi connectivity index (χ3n) is 4.23. The quantitative estimate of drug-likeness (QED) is 0.795. The van der Waals surface area contributed by atoms with E-state index in [0.717, 1.165) is 18.8 Å². The van der Waals surface area contributed by atoms with Gasteiger partial charge in [-0.05, 0) is 44.1 Å². The Morgan fingerprint density at radius 3 is 2.96 bits per heavy atom. The first-order valence-electron chi connectivity index (χ1n) is 7.94. The monoisotopic (exact) mass is 319 g/mol. The second-order valence-electron chi connectivity index (χ2n) is 5.73. The minimum absolute atomic E-state index is 0.175. The van der Waals surface area contributed by atoms with E-state index in [0.29, 0.717) is 24.4 Å². The fourth-order valence-electron chi connectivity index (χ4n) is 2.99. The van der Waals surface area contributed by atoms with Crippen LogP contribution in [0.4, 0.5) is 4.39 Å². The zero-order chi connectivity index (χ0) is 16.1. The van der Waals surface area contributed by atoms with Gasteiger partial charge in [-0.1, -0.05) is 0 Å². The van der Waals surface area contributed by atoms with Gasteiger partial charge in [-0.3, -0.25) is 4.90 Å². The Morgan fingerprint density at radius 1 is 1.43 bits per heavy atom. The molecule has 23 heavy (non-hydrogen) atoms. The molecule has 5 nitrogen and oxygen atoms in total.